The Bertz CT molecular complexity index is 584. The lowest BCUT2D eigenvalue weighted by atomic mass is 10.1. The molecule has 0 saturated carbocycles. The van der Waals surface area contributed by atoms with Crippen LogP contribution in [0.15, 0.2) is 42.5 Å². The van der Waals surface area contributed by atoms with Crippen LogP contribution in [0.4, 0.5) is 4.39 Å². The van der Waals surface area contributed by atoms with E-state index in [0.717, 1.165) is 11.3 Å². The first-order valence-electron chi connectivity index (χ1n) is 7.03. The molecule has 2 rings (SSSR count). The van der Waals surface area contributed by atoms with Gasteiger partial charge in [0.2, 0.25) is 0 Å². The van der Waals surface area contributed by atoms with Crippen molar-refractivity contribution in [1.82, 2.24) is 5.32 Å². The fourth-order valence-corrected chi connectivity index (χ4v) is 2.10. The molecule has 4 heteroatoms. The quantitative estimate of drug-likeness (QED) is 0.850. The molecular weight excluding hydrogens is 269 g/mol. The molecule has 3 nitrogen and oxygen atoms in total. The molecule has 112 valence electrons. The van der Waals surface area contributed by atoms with Crippen LogP contribution in [-0.2, 0) is 6.54 Å². The molecule has 0 fully saturated rings. The Morgan fingerprint density at radius 1 is 1.19 bits per heavy atom. The molecule has 0 aromatic heterocycles. The molecule has 0 aliphatic rings. The Morgan fingerprint density at radius 3 is 2.57 bits per heavy atom. The standard InChI is InChI=1S/C17H20FNO2/c1-3-21-16-7-4-13(5-8-16)12(2)19-11-14-10-15(18)6-9-17(14)20/h4-10,12,19-20H,3,11H2,1-2H3. The molecule has 0 saturated heterocycles. The molecular formula is C17H20FNO2. The summed E-state index contributed by atoms with van der Waals surface area (Å²) >= 11 is 0. The summed E-state index contributed by atoms with van der Waals surface area (Å²) in [6.45, 7) is 5.01. The zero-order chi connectivity index (χ0) is 15.2. The molecule has 0 aliphatic heterocycles. The van der Waals surface area contributed by atoms with Gasteiger partial charge in [0.1, 0.15) is 17.3 Å². The van der Waals surface area contributed by atoms with Gasteiger partial charge >= 0.3 is 0 Å². The van der Waals surface area contributed by atoms with E-state index in [4.69, 9.17) is 4.74 Å². The summed E-state index contributed by atoms with van der Waals surface area (Å²) in [5.41, 5.74) is 1.65. The molecule has 0 heterocycles. The van der Waals surface area contributed by atoms with Gasteiger partial charge in [0, 0.05) is 18.2 Å². The van der Waals surface area contributed by atoms with Gasteiger partial charge in [-0.3, -0.25) is 0 Å². The third-order valence-corrected chi connectivity index (χ3v) is 3.33. The lowest BCUT2D eigenvalue weighted by molar-refractivity contribution is 0.340. The van der Waals surface area contributed by atoms with Crippen LogP contribution in [0.3, 0.4) is 0 Å². The van der Waals surface area contributed by atoms with Crippen LogP contribution >= 0.6 is 0 Å². The van der Waals surface area contributed by atoms with Crippen molar-refractivity contribution >= 4 is 0 Å². The van der Waals surface area contributed by atoms with Gasteiger partial charge in [-0.25, -0.2) is 4.39 Å². The van der Waals surface area contributed by atoms with E-state index < -0.39 is 0 Å². The van der Waals surface area contributed by atoms with Crippen molar-refractivity contribution in [2.75, 3.05) is 6.61 Å². The lowest BCUT2D eigenvalue weighted by Crippen LogP contribution is -2.18. The zero-order valence-corrected chi connectivity index (χ0v) is 12.3. The monoisotopic (exact) mass is 289 g/mol. The number of phenolic OH excluding ortho intramolecular Hbond substituents is 1. The van der Waals surface area contributed by atoms with Crippen LogP contribution < -0.4 is 10.1 Å². The first kappa shape index (κ1) is 15.3. The number of nitrogens with one attached hydrogen (secondary N) is 1. The fraction of sp³-hybridized carbons (Fsp3) is 0.294. The Kier molecular flexibility index (Phi) is 5.17. The summed E-state index contributed by atoms with van der Waals surface area (Å²) in [6, 6.07) is 11.9. The van der Waals surface area contributed by atoms with Crippen molar-refractivity contribution in [2.45, 2.75) is 26.4 Å². The van der Waals surface area contributed by atoms with E-state index in [-0.39, 0.29) is 17.6 Å². The fourth-order valence-electron chi connectivity index (χ4n) is 2.10. The van der Waals surface area contributed by atoms with Crippen LogP contribution in [0.5, 0.6) is 11.5 Å². The van der Waals surface area contributed by atoms with Crippen molar-refractivity contribution in [3.8, 4) is 11.5 Å². The van der Waals surface area contributed by atoms with E-state index in [9.17, 15) is 9.50 Å². The summed E-state index contributed by atoms with van der Waals surface area (Å²) < 4.78 is 18.6. The van der Waals surface area contributed by atoms with Crippen LogP contribution in [0.25, 0.3) is 0 Å². The Balaban J connectivity index is 1.97. The summed E-state index contributed by atoms with van der Waals surface area (Å²) in [5, 5.41) is 13.0. The van der Waals surface area contributed by atoms with Gasteiger partial charge < -0.3 is 15.2 Å². The van der Waals surface area contributed by atoms with E-state index in [1.54, 1.807) is 0 Å². The van der Waals surface area contributed by atoms with Crippen LogP contribution in [-0.4, -0.2) is 11.7 Å². The minimum atomic E-state index is -0.349. The number of hydrogen-bond acceptors (Lipinski definition) is 3. The average molecular weight is 289 g/mol. The highest BCUT2D eigenvalue weighted by atomic mass is 19.1. The molecule has 0 bridgehead atoms. The van der Waals surface area contributed by atoms with Gasteiger partial charge in [-0.2, -0.15) is 0 Å². The van der Waals surface area contributed by atoms with Gasteiger partial charge in [-0.15, -0.1) is 0 Å². The predicted molar refractivity (Wildman–Crippen MR) is 80.9 cm³/mol. The summed E-state index contributed by atoms with van der Waals surface area (Å²) in [6.07, 6.45) is 0. The smallest absolute Gasteiger partial charge is 0.123 e. The number of aromatic hydroxyl groups is 1. The van der Waals surface area contributed by atoms with Crippen molar-refractivity contribution in [1.29, 1.82) is 0 Å². The number of ether oxygens (including phenoxy) is 1. The molecule has 0 spiro atoms. The van der Waals surface area contributed by atoms with E-state index in [1.807, 2.05) is 38.1 Å². The van der Waals surface area contributed by atoms with Crippen molar-refractivity contribution in [3.05, 3.63) is 59.4 Å². The number of hydrogen-bond donors (Lipinski definition) is 2. The van der Waals surface area contributed by atoms with Crippen LogP contribution in [0.2, 0.25) is 0 Å². The van der Waals surface area contributed by atoms with Crippen molar-refractivity contribution < 1.29 is 14.2 Å². The topological polar surface area (TPSA) is 41.5 Å². The van der Waals surface area contributed by atoms with Crippen molar-refractivity contribution in [3.63, 3.8) is 0 Å². The third-order valence-electron chi connectivity index (χ3n) is 3.33. The molecule has 1 atom stereocenters. The van der Waals surface area contributed by atoms with Gasteiger partial charge in [0.05, 0.1) is 6.61 Å². The summed E-state index contributed by atoms with van der Waals surface area (Å²) in [5.74, 6) is 0.595. The predicted octanol–water partition coefficient (Wildman–Crippen LogP) is 3.78. The number of phenols is 1. The molecule has 1 unspecified atom stereocenters. The van der Waals surface area contributed by atoms with Crippen molar-refractivity contribution in [2.24, 2.45) is 0 Å². The Hall–Kier alpha value is -2.07. The molecule has 0 aliphatic carbocycles. The second-order valence-corrected chi connectivity index (χ2v) is 4.88. The largest absolute Gasteiger partial charge is 0.508 e. The van der Waals surface area contributed by atoms with Gasteiger partial charge in [0.25, 0.3) is 0 Å². The number of benzene rings is 2. The minimum absolute atomic E-state index is 0.0864. The van der Waals surface area contributed by atoms with Crippen LogP contribution in [0.1, 0.15) is 31.0 Å². The highest BCUT2D eigenvalue weighted by molar-refractivity contribution is 5.33. The van der Waals surface area contributed by atoms with Gasteiger partial charge in [0.15, 0.2) is 0 Å². The molecule has 21 heavy (non-hydrogen) atoms. The highest BCUT2D eigenvalue weighted by Gasteiger charge is 2.08. The molecule has 0 radical (unpaired) electrons. The number of halogens is 1. The normalized spacial score (nSPS) is 12.1. The maximum Gasteiger partial charge on any atom is 0.123 e. The molecule has 2 N–H and O–H groups in total. The SMILES string of the molecule is CCOc1ccc(C(C)NCc2cc(F)ccc2O)cc1. The third kappa shape index (κ3) is 4.20. The molecule has 0 amide bonds. The van der Waals surface area contributed by atoms with E-state index in [2.05, 4.69) is 5.32 Å². The van der Waals surface area contributed by atoms with E-state index in [0.29, 0.717) is 18.7 Å². The Labute approximate surface area is 124 Å². The van der Waals surface area contributed by atoms with Gasteiger partial charge in [-0.1, -0.05) is 12.1 Å². The maximum absolute atomic E-state index is 13.2. The second kappa shape index (κ2) is 7.09. The first-order valence-corrected chi connectivity index (χ1v) is 7.03. The zero-order valence-electron chi connectivity index (χ0n) is 12.3. The number of rotatable bonds is 6. The highest BCUT2D eigenvalue weighted by Crippen LogP contribution is 2.21. The maximum atomic E-state index is 13.2. The lowest BCUT2D eigenvalue weighted by Gasteiger charge is -2.15. The minimum Gasteiger partial charge on any atom is -0.508 e. The van der Waals surface area contributed by atoms with E-state index in [1.165, 1.54) is 18.2 Å². The van der Waals surface area contributed by atoms with Gasteiger partial charge in [-0.05, 0) is 49.7 Å². The molecule has 2 aromatic rings. The summed E-state index contributed by atoms with van der Waals surface area (Å²) in [7, 11) is 0. The van der Waals surface area contributed by atoms with E-state index >= 15 is 0 Å². The molecule has 2 aromatic carbocycles. The first-order chi connectivity index (χ1) is 10.1. The second-order valence-electron chi connectivity index (χ2n) is 4.88. The average Bonchev–Trinajstić information content (AvgIpc) is 2.49. The summed E-state index contributed by atoms with van der Waals surface area (Å²) in [4.78, 5) is 0. The van der Waals surface area contributed by atoms with Crippen LogP contribution in [0, 0.1) is 5.82 Å². The Morgan fingerprint density at radius 2 is 1.90 bits per heavy atom.